The summed E-state index contributed by atoms with van der Waals surface area (Å²) in [4.78, 5) is 42.3. The molecule has 8 heteroatoms. The number of nitrogens with zero attached hydrogens (tertiary/aromatic N) is 2. The van der Waals surface area contributed by atoms with Gasteiger partial charge >= 0.3 is 6.03 Å². The third-order valence-corrected chi connectivity index (χ3v) is 5.88. The third-order valence-electron chi connectivity index (χ3n) is 5.88. The van der Waals surface area contributed by atoms with Gasteiger partial charge in [0.2, 0.25) is 5.91 Å². The molecule has 0 saturated carbocycles. The topological polar surface area (TPSA) is 88.2 Å². The molecule has 180 valence electrons. The third kappa shape index (κ3) is 5.27. The number of urea groups is 1. The Morgan fingerprint density at radius 3 is 2.00 bits per heavy atom. The summed E-state index contributed by atoms with van der Waals surface area (Å²) in [6.07, 6.45) is -0.172. The number of imide groups is 1. The van der Waals surface area contributed by atoms with Crippen LogP contribution in [0.5, 0.6) is 11.5 Å². The first-order valence-corrected chi connectivity index (χ1v) is 11.2. The fraction of sp³-hybridized carbons (Fsp3) is 0.222. The molecule has 35 heavy (non-hydrogen) atoms. The van der Waals surface area contributed by atoms with Gasteiger partial charge in [-0.1, -0.05) is 29.8 Å². The van der Waals surface area contributed by atoms with E-state index in [1.54, 1.807) is 62.8 Å². The van der Waals surface area contributed by atoms with E-state index in [0.717, 1.165) is 16.0 Å². The lowest BCUT2D eigenvalue weighted by Crippen LogP contribution is -2.37. The average molecular weight is 474 g/mol. The number of amides is 4. The first kappa shape index (κ1) is 23.8. The fourth-order valence-electron chi connectivity index (χ4n) is 3.93. The van der Waals surface area contributed by atoms with Crippen molar-refractivity contribution in [2.75, 3.05) is 24.4 Å². The molecule has 1 unspecified atom stereocenters. The smallest absolute Gasteiger partial charge is 0.332 e. The predicted octanol–water partition coefficient (Wildman–Crippen LogP) is 4.38. The van der Waals surface area contributed by atoms with Gasteiger partial charge in [-0.15, -0.1) is 0 Å². The number of benzene rings is 3. The molecular formula is C27H27N3O5. The van der Waals surface area contributed by atoms with Crippen LogP contribution in [0.4, 0.5) is 16.2 Å². The van der Waals surface area contributed by atoms with Crippen molar-refractivity contribution in [2.24, 2.45) is 0 Å². The van der Waals surface area contributed by atoms with Crippen molar-refractivity contribution in [2.45, 2.75) is 25.9 Å². The number of carbonyl (C=O) groups excluding carboxylic acids is 3. The molecule has 1 aliphatic rings. The van der Waals surface area contributed by atoms with Crippen molar-refractivity contribution in [1.29, 1.82) is 0 Å². The molecule has 3 aromatic carbocycles. The highest BCUT2D eigenvalue weighted by Crippen LogP contribution is 2.29. The Balaban J connectivity index is 1.58. The van der Waals surface area contributed by atoms with E-state index < -0.39 is 18.0 Å². The van der Waals surface area contributed by atoms with Crippen LogP contribution in [0.3, 0.4) is 0 Å². The Hall–Kier alpha value is -4.33. The normalized spacial score (nSPS) is 15.3. The molecule has 0 radical (unpaired) electrons. The lowest BCUT2D eigenvalue weighted by molar-refractivity contribution is -0.124. The van der Waals surface area contributed by atoms with Gasteiger partial charge in [-0.25, -0.2) is 9.69 Å². The summed E-state index contributed by atoms with van der Waals surface area (Å²) in [7, 11) is 3.14. The molecule has 1 N–H and O–H groups in total. The number of aryl methyl sites for hydroxylation is 1. The largest absolute Gasteiger partial charge is 0.497 e. The Labute approximate surface area is 204 Å². The minimum Gasteiger partial charge on any atom is -0.497 e. The van der Waals surface area contributed by atoms with Crippen molar-refractivity contribution in [3.05, 3.63) is 83.9 Å². The second kappa shape index (κ2) is 10.3. The van der Waals surface area contributed by atoms with Crippen molar-refractivity contribution >= 4 is 29.2 Å². The van der Waals surface area contributed by atoms with E-state index in [4.69, 9.17) is 9.47 Å². The van der Waals surface area contributed by atoms with E-state index >= 15 is 0 Å². The van der Waals surface area contributed by atoms with E-state index in [-0.39, 0.29) is 18.9 Å². The van der Waals surface area contributed by atoms with Gasteiger partial charge in [0.25, 0.3) is 5.91 Å². The number of hydrogen-bond acceptors (Lipinski definition) is 5. The molecule has 1 fully saturated rings. The van der Waals surface area contributed by atoms with Gasteiger partial charge in [0.15, 0.2) is 0 Å². The minimum absolute atomic E-state index is 0.172. The van der Waals surface area contributed by atoms with Gasteiger partial charge in [0.05, 0.1) is 26.3 Å². The molecule has 4 amide bonds. The van der Waals surface area contributed by atoms with Crippen molar-refractivity contribution in [3.8, 4) is 11.5 Å². The molecule has 0 bridgehead atoms. The summed E-state index contributed by atoms with van der Waals surface area (Å²) in [5, 5.41) is 2.80. The van der Waals surface area contributed by atoms with Gasteiger partial charge in [0, 0.05) is 12.2 Å². The maximum absolute atomic E-state index is 13.4. The van der Waals surface area contributed by atoms with Crippen LogP contribution < -0.4 is 19.7 Å². The second-order valence-corrected chi connectivity index (χ2v) is 8.26. The number of rotatable bonds is 8. The number of carbonyl (C=O) groups is 3. The van der Waals surface area contributed by atoms with Gasteiger partial charge in [-0.2, -0.15) is 0 Å². The first-order chi connectivity index (χ1) is 16.9. The van der Waals surface area contributed by atoms with Gasteiger partial charge in [0.1, 0.15) is 17.5 Å². The maximum Gasteiger partial charge on any atom is 0.332 e. The lowest BCUT2D eigenvalue weighted by atomic mass is 10.1. The van der Waals surface area contributed by atoms with Crippen LogP contribution in [0.15, 0.2) is 72.8 Å². The van der Waals surface area contributed by atoms with Gasteiger partial charge < -0.3 is 19.7 Å². The molecule has 4 rings (SSSR count). The minimum atomic E-state index is -0.941. The second-order valence-electron chi connectivity index (χ2n) is 8.26. The zero-order chi connectivity index (χ0) is 24.9. The predicted molar refractivity (Wildman–Crippen MR) is 133 cm³/mol. The van der Waals surface area contributed by atoms with Crippen LogP contribution in [0.1, 0.15) is 17.5 Å². The van der Waals surface area contributed by atoms with E-state index in [1.807, 2.05) is 31.2 Å². The summed E-state index contributed by atoms with van der Waals surface area (Å²) < 4.78 is 10.3. The zero-order valence-corrected chi connectivity index (χ0v) is 19.9. The summed E-state index contributed by atoms with van der Waals surface area (Å²) in [5.74, 6) is 0.553. The monoisotopic (exact) mass is 473 g/mol. The molecule has 0 spiro atoms. The van der Waals surface area contributed by atoms with Crippen LogP contribution in [-0.4, -0.2) is 43.0 Å². The lowest BCUT2D eigenvalue weighted by Gasteiger charge is -2.22. The molecule has 3 aromatic rings. The SMILES string of the molecule is COc1ccc(CN2C(=O)N(c3ccc(C)cc3)C(=O)C2CC(=O)Nc2ccc(OC)cc2)cc1. The highest BCUT2D eigenvalue weighted by Gasteiger charge is 2.46. The summed E-state index contributed by atoms with van der Waals surface area (Å²) in [5.41, 5.74) is 2.88. The molecule has 0 aliphatic carbocycles. The van der Waals surface area contributed by atoms with Crippen molar-refractivity contribution in [1.82, 2.24) is 4.90 Å². The molecule has 8 nitrogen and oxygen atoms in total. The van der Waals surface area contributed by atoms with E-state index in [2.05, 4.69) is 5.32 Å². The van der Waals surface area contributed by atoms with Crippen LogP contribution in [0, 0.1) is 6.92 Å². The number of nitrogens with one attached hydrogen (secondary N) is 1. The van der Waals surface area contributed by atoms with E-state index in [0.29, 0.717) is 22.9 Å². The summed E-state index contributed by atoms with van der Waals surface area (Å²) in [6.45, 7) is 2.11. The van der Waals surface area contributed by atoms with E-state index in [1.165, 1.54) is 4.90 Å². The van der Waals surface area contributed by atoms with Crippen molar-refractivity contribution < 1.29 is 23.9 Å². The van der Waals surface area contributed by atoms with Gasteiger partial charge in [-0.05, 0) is 61.0 Å². The summed E-state index contributed by atoms with van der Waals surface area (Å²) >= 11 is 0. The Morgan fingerprint density at radius 1 is 0.857 bits per heavy atom. The summed E-state index contributed by atoms with van der Waals surface area (Å²) in [6, 6.07) is 19.9. The average Bonchev–Trinajstić information content (AvgIpc) is 3.09. The highest BCUT2D eigenvalue weighted by molar-refractivity contribution is 6.22. The highest BCUT2D eigenvalue weighted by atomic mass is 16.5. The Kier molecular flexibility index (Phi) is 7.01. The van der Waals surface area contributed by atoms with E-state index in [9.17, 15) is 14.4 Å². The van der Waals surface area contributed by atoms with Crippen LogP contribution >= 0.6 is 0 Å². The number of methoxy groups -OCH3 is 2. The molecule has 1 aliphatic heterocycles. The molecule has 1 saturated heterocycles. The Bertz CT molecular complexity index is 1210. The maximum atomic E-state index is 13.4. The number of ether oxygens (including phenoxy) is 2. The molecule has 1 heterocycles. The van der Waals surface area contributed by atoms with Gasteiger partial charge in [-0.3, -0.25) is 9.59 Å². The fourth-order valence-corrected chi connectivity index (χ4v) is 3.93. The Morgan fingerprint density at radius 2 is 1.43 bits per heavy atom. The quantitative estimate of drug-likeness (QED) is 0.491. The van der Waals surface area contributed by atoms with Crippen LogP contribution in [-0.2, 0) is 16.1 Å². The van der Waals surface area contributed by atoms with Crippen molar-refractivity contribution in [3.63, 3.8) is 0 Å². The molecule has 0 aromatic heterocycles. The molecular weight excluding hydrogens is 446 g/mol. The van der Waals surface area contributed by atoms with Crippen LogP contribution in [0.2, 0.25) is 0 Å². The standard InChI is InChI=1S/C27H27N3O5/c1-18-4-10-21(11-5-18)30-26(32)24(16-25(31)28-20-8-14-23(35-3)15-9-20)29(27(30)33)17-19-6-12-22(34-2)13-7-19/h4-15,24H,16-17H2,1-3H3,(H,28,31). The number of anilines is 2. The number of hydrogen-bond donors (Lipinski definition) is 1. The molecule has 1 atom stereocenters. The first-order valence-electron chi connectivity index (χ1n) is 11.2. The zero-order valence-electron chi connectivity index (χ0n) is 19.9. The van der Waals surface area contributed by atoms with Crippen LogP contribution in [0.25, 0.3) is 0 Å².